The highest BCUT2D eigenvalue weighted by atomic mass is 32.3. The molecule has 1 aliphatic rings. The molecule has 1 aliphatic carbocycles. The van der Waals surface area contributed by atoms with E-state index in [0.717, 1.165) is 0 Å². The van der Waals surface area contributed by atoms with Crippen molar-refractivity contribution in [2.24, 2.45) is 11.8 Å². The lowest BCUT2D eigenvalue weighted by molar-refractivity contribution is -0.147. The van der Waals surface area contributed by atoms with Gasteiger partial charge in [-0.1, -0.05) is 12.8 Å². The second kappa shape index (κ2) is 4.89. The van der Waals surface area contributed by atoms with Gasteiger partial charge in [0.2, 0.25) is 0 Å². The smallest absolute Gasteiger partial charge is 0.195 e. The van der Waals surface area contributed by atoms with E-state index in [-0.39, 0.29) is 6.42 Å². The summed E-state index contributed by atoms with van der Waals surface area (Å²) in [6.45, 7) is 0. The molecule has 1 fully saturated rings. The molecule has 0 aliphatic heterocycles. The summed E-state index contributed by atoms with van der Waals surface area (Å²) in [5.41, 5.74) is 0. The first-order valence-electron chi connectivity index (χ1n) is 5.15. The first-order valence-corrected chi connectivity index (χ1v) is 6.70. The minimum absolute atomic E-state index is 0.155. The van der Waals surface area contributed by atoms with E-state index in [1.54, 1.807) is 0 Å². The number of hydrogen-bond donors (Lipinski definition) is 0. The van der Waals surface area contributed by atoms with E-state index in [2.05, 4.69) is 0 Å². The third-order valence-electron chi connectivity index (χ3n) is 2.85. The third kappa shape index (κ3) is 5.67. The lowest BCUT2D eigenvalue weighted by atomic mass is 9.80. The van der Waals surface area contributed by atoms with Crippen LogP contribution in [0.1, 0.15) is 32.1 Å². The predicted molar refractivity (Wildman–Crippen MR) is 51.0 cm³/mol. The standard InChI is InChI=1S/C9H14F4O2S/c10-9(11,12)5-7-2-1-3-8(4-7)6-16(13,14)15/h7-8H,1-6H2. The second-order valence-electron chi connectivity index (χ2n) is 4.42. The topological polar surface area (TPSA) is 34.1 Å². The minimum atomic E-state index is -4.57. The Bertz CT molecular complexity index is 323. The van der Waals surface area contributed by atoms with Crippen LogP contribution in [-0.4, -0.2) is 20.3 Å². The van der Waals surface area contributed by atoms with E-state index < -0.39 is 40.4 Å². The van der Waals surface area contributed by atoms with E-state index in [1.807, 2.05) is 0 Å². The summed E-state index contributed by atoms with van der Waals surface area (Å²) in [5, 5.41) is 0. The average molecular weight is 262 g/mol. The summed E-state index contributed by atoms with van der Waals surface area (Å²) in [5.74, 6) is -1.65. The molecular weight excluding hydrogens is 248 g/mol. The van der Waals surface area contributed by atoms with Crippen LogP contribution in [0.2, 0.25) is 0 Å². The van der Waals surface area contributed by atoms with Crippen molar-refractivity contribution in [2.75, 3.05) is 5.75 Å². The first-order chi connectivity index (χ1) is 7.16. The fourth-order valence-corrected chi connectivity index (χ4v) is 3.21. The molecule has 96 valence electrons. The summed E-state index contributed by atoms with van der Waals surface area (Å²) in [4.78, 5) is 0. The fourth-order valence-electron chi connectivity index (χ4n) is 2.35. The maximum atomic E-state index is 12.4. The van der Waals surface area contributed by atoms with Crippen LogP contribution in [0.15, 0.2) is 0 Å². The van der Waals surface area contributed by atoms with Gasteiger partial charge < -0.3 is 0 Å². The maximum absolute atomic E-state index is 12.4. The number of halogens is 4. The maximum Gasteiger partial charge on any atom is 0.389 e. The SMILES string of the molecule is O=S(=O)(F)CC1CCCC(CC(F)(F)F)C1. The molecule has 16 heavy (non-hydrogen) atoms. The van der Waals surface area contributed by atoms with Gasteiger partial charge in [-0.05, 0) is 24.7 Å². The predicted octanol–water partition coefficient (Wildman–Crippen LogP) is 3.04. The van der Waals surface area contributed by atoms with Crippen LogP contribution in [0.4, 0.5) is 17.1 Å². The van der Waals surface area contributed by atoms with Crippen molar-refractivity contribution in [1.82, 2.24) is 0 Å². The Labute approximate surface area is 92.2 Å². The van der Waals surface area contributed by atoms with Gasteiger partial charge in [-0.25, -0.2) is 0 Å². The lowest BCUT2D eigenvalue weighted by Gasteiger charge is -2.28. The van der Waals surface area contributed by atoms with Crippen molar-refractivity contribution >= 4 is 10.2 Å². The zero-order chi connectivity index (χ0) is 12.4. The molecular formula is C9H14F4O2S. The zero-order valence-electron chi connectivity index (χ0n) is 8.63. The van der Waals surface area contributed by atoms with E-state index in [4.69, 9.17) is 0 Å². The normalized spacial score (nSPS) is 28.0. The molecule has 0 amide bonds. The Morgan fingerprint density at radius 2 is 1.69 bits per heavy atom. The number of alkyl halides is 3. The Balaban J connectivity index is 2.48. The molecule has 1 saturated carbocycles. The molecule has 0 radical (unpaired) electrons. The highest BCUT2D eigenvalue weighted by Crippen LogP contribution is 2.37. The van der Waals surface area contributed by atoms with Crippen LogP contribution >= 0.6 is 0 Å². The van der Waals surface area contributed by atoms with Crippen LogP contribution < -0.4 is 0 Å². The number of hydrogen-bond acceptors (Lipinski definition) is 2. The minimum Gasteiger partial charge on any atom is -0.195 e. The lowest BCUT2D eigenvalue weighted by Crippen LogP contribution is -2.25. The summed E-state index contributed by atoms with van der Waals surface area (Å²) < 4.78 is 69.5. The van der Waals surface area contributed by atoms with Crippen molar-refractivity contribution < 1.29 is 25.5 Å². The molecule has 2 atom stereocenters. The molecule has 0 aromatic heterocycles. The molecule has 0 heterocycles. The van der Waals surface area contributed by atoms with Gasteiger partial charge in [-0.15, -0.1) is 3.89 Å². The van der Waals surface area contributed by atoms with Crippen LogP contribution in [0.3, 0.4) is 0 Å². The van der Waals surface area contributed by atoms with Gasteiger partial charge in [-0.3, -0.25) is 0 Å². The molecule has 2 unspecified atom stereocenters. The van der Waals surface area contributed by atoms with E-state index in [1.165, 1.54) is 0 Å². The first kappa shape index (κ1) is 13.7. The van der Waals surface area contributed by atoms with Gasteiger partial charge in [0.05, 0.1) is 5.75 Å². The van der Waals surface area contributed by atoms with Gasteiger partial charge in [-0.2, -0.15) is 21.6 Å². The Morgan fingerprint density at radius 1 is 1.12 bits per heavy atom. The quantitative estimate of drug-likeness (QED) is 0.578. The highest BCUT2D eigenvalue weighted by Gasteiger charge is 2.35. The van der Waals surface area contributed by atoms with Crippen LogP contribution in [-0.2, 0) is 10.2 Å². The van der Waals surface area contributed by atoms with E-state index >= 15 is 0 Å². The Kier molecular flexibility index (Phi) is 4.20. The summed E-state index contributed by atoms with van der Waals surface area (Å²) in [6.07, 6.45) is -3.47. The molecule has 0 aromatic carbocycles. The van der Waals surface area contributed by atoms with Crippen molar-refractivity contribution in [3.63, 3.8) is 0 Å². The highest BCUT2D eigenvalue weighted by molar-refractivity contribution is 7.86. The van der Waals surface area contributed by atoms with Gasteiger partial charge in [0.15, 0.2) is 0 Å². The van der Waals surface area contributed by atoms with Crippen LogP contribution in [0, 0.1) is 11.8 Å². The summed E-state index contributed by atoms with van der Waals surface area (Å²) >= 11 is 0. The fraction of sp³-hybridized carbons (Fsp3) is 1.00. The molecule has 0 bridgehead atoms. The number of rotatable bonds is 3. The summed E-state index contributed by atoms with van der Waals surface area (Å²) in [6, 6.07) is 0. The van der Waals surface area contributed by atoms with Crippen molar-refractivity contribution in [3.05, 3.63) is 0 Å². The Morgan fingerprint density at radius 3 is 2.19 bits per heavy atom. The molecule has 7 heteroatoms. The van der Waals surface area contributed by atoms with Crippen LogP contribution in [0.5, 0.6) is 0 Å². The van der Waals surface area contributed by atoms with E-state index in [0.29, 0.717) is 19.3 Å². The largest absolute Gasteiger partial charge is 0.389 e. The molecule has 2 nitrogen and oxygen atoms in total. The molecule has 0 saturated heterocycles. The van der Waals surface area contributed by atoms with Gasteiger partial charge in [0.25, 0.3) is 0 Å². The molecule has 0 aromatic rings. The Hall–Kier alpha value is -0.330. The second-order valence-corrected chi connectivity index (χ2v) is 5.83. The molecule has 0 spiro atoms. The zero-order valence-corrected chi connectivity index (χ0v) is 9.45. The third-order valence-corrected chi connectivity index (χ3v) is 3.72. The van der Waals surface area contributed by atoms with Crippen molar-refractivity contribution in [3.8, 4) is 0 Å². The van der Waals surface area contributed by atoms with Gasteiger partial charge in [0, 0.05) is 6.42 Å². The van der Waals surface area contributed by atoms with E-state index in [9.17, 15) is 25.5 Å². The average Bonchev–Trinajstić information content (AvgIpc) is 1.96. The molecule has 1 rings (SSSR count). The van der Waals surface area contributed by atoms with Crippen molar-refractivity contribution in [2.45, 2.75) is 38.3 Å². The van der Waals surface area contributed by atoms with Crippen molar-refractivity contribution in [1.29, 1.82) is 0 Å². The van der Waals surface area contributed by atoms with Gasteiger partial charge in [0.1, 0.15) is 0 Å². The van der Waals surface area contributed by atoms with Gasteiger partial charge >= 0.3 is 16.4 Å². The van der Waals surface area contributed by atoms with Crippen LogP contribution in [0.25, 0.3) is 0 Å². The monoisotopic (exact) mass is 262 g/mol. The molecule has 0 N–H and O–H groups in total. The summed E-state index contributed by atoms with van der Waals surface area (Å²) in [7, 11) is -4.57.